The van der Waals surface area contributed by atoms with Crippen LogP contribution in [0, 0.1) is 5.41 Å². The first kappa shape index (κ1) is 14.8. The Morgan fingerprint density at radius 3 is 2.85 bits per heavy atom. The number of pyridine rings is 1. The monoisotopic (exact) mass is 276 g/mol. The number of hydrogen-bond donors (Lipinski definition) is 2. The minimum absolute atomic E-state index is 0.0806. The summed E-state index contributed by atoms with van der Waals surface area (Å²) < 4.78 is 0. The van der Waals surface area contributed by atoms with Crippen molar-refractivity contribution in [3.63, 3.8) is 0 Å². The first-order valence-electron chi connectivity index (χ1n) is 7.28. The zero-order valence-corrected chi connectivity index (χ0v) is 12.3. The lowest BCUT2D eigenvalue weighted by atomic mass is 9.82. The molecule has 1 aliphatic heterocycles. The van der Waals surface area contributed by atoms with Gasteiger partial charge in [-0.05, 0) is 42.9 Å². The van der Waals surface area contributed by atoms with Crippen molar-refractivity contribution in [2.45, 2.75) is 39.7 Å². The Bertz CT molecular complexity index is 483. The molecule has 1 aliphatic rings. The maximum Gasteiger partial charge on any atom is 0.189 e. The number of oxime groups is 1. The Morgan fingerprint density at radius 2 is 2.25 bits per heavy atom. The summed E-state index contributed by atoms with van der Waals surface area (Å²) in [7, 11) is 0. The van der Waals surface area contributed by atoms with Gasteiger partial charge in [-0.2, -0.15) is 0 Å². The molecule has 0 unspecified atom stereocenters. The molecule has 5 heteroatoms. The van der Waals surface area contributed by atoms with Gasteiger partial charge in [-0.1, -0.05) is 25.1 Å². The first-order valence-corrected chi connectivity index (χ1v) is 7.28. The molecule has 1 fully saturated rings. The van der Waals surface area contributed by atoms with Crippen LogP contribution >= 0.6 is 0 Å². The van der Waals surface area contributed by atoms with Crippen LogP contribution in [0.5, 0.6) is 0 Å². The molecule has 1 aromatic rings. The second kappa shape index (κ2) is 6.22. The molecular formula is C15H24N4O. The van der Waals surface area contributed by atoms with E-state index in [9.17, 15) is 0 Å². The minimum atomic E-state index is 0.0806. The van der Waals surface area contributed by atoms with E-state index in [1.807, 2.05) is 12.1 Å². The molecule has 2 heterocycles. The molecular weight excluding hydrogens is 252 g/mol. The highest BCUT2D eigenvalue weighted by molar-refractivity contribution is 5.96. The van der Waals surface area contributed by atoms with Crippen molar-refractivity contribution >= 4 is 5.84 Å². The van der Waals surface area contributed by atoms with Gasteiger partial charge in [0.05, 0.1) is 0 Å². The first-order chi connectivity index (χ1) is 9.64. The number of nitrogens with two attached hydrogens (primary N) is 1. The molecule has 1 aromatic heterocycles. The van der Waals surface area contributed by atoms with E-state index in [1.54, 1.807) is 6.20 Å². The quantitative estimate of drug-likeness (QED) is 0.374. The number of hydrogen-bond acceptors (Lipinski definition) is 4. The van der Waals surface area contributed by atoms with Crippen molar-refractivity contribution in [3.05, 3.63) is 29.6 Å². The molecule has 0 amide bonds. The van der Waals surface area contributed by atoms with Crippen LogP contribution in [-0.2, 0) is 6.54 Å². The van der Waals surface area contributed by atoms with Gasteiger partial charge < -0.3 is 10.9 Å². The molecule has 0 saturated carbocycles. The lowest BCUT2D eigenvalue weighted by Gasteiger charge is -2.26. The van der Waals surface area contributed by atoms with Crippen LogP contribution in [0.25, 0.3) is 0 Å². The molecule has 2 rings (SSSR count). The lowest BCUT2D eigenvalue weighted by molar-refractivity contribution is 0.236. The van der Waals surface area contributed by atoms with E-state index < -0.39 is 0 Å². The van der Waals surface area contributed by atoms with Crippen molar-refractivity contribution in [1.29, 1.82) is 0 Å². The molecule has 1 saturated heterocycles. The summed E-state index contributed by atoms with van der Waals surface area (Å²) in [5.74, 6) is 0.0806. The number of likely N-dealkylation sites (tertiary alicyclic amines) is 1. The van der Waals surface area contributed by atoms with Crippen molar-refractivity contribution in [2.24, 2.45) is 16.3 Å². The highest BCUT2D eigenvalue weighted by atomic mass is 16.4. The topological polar surface area (TPSA) is 74.7 Å². The van der Waals surface area contributed by atoms with E-state index in [1.165, 1.54) is 19.3 Å². The van der Waals surface area contributed by atoms with Gasteiger partial charge in [-0.25, -0.2) is 0 Å². The number of aromatic nitrogens is 1. The Labute approximate surface area is 120 Å². The molecule has 0 aliphatic carbocycles. The van der Waals surface area contributed by atoms with Crippen LogP contribution in [0.3, 0.4) is 0 Å². The zero-order chi connectivity index (χ0) is 14.6. The Morgan fingerprint density at radius 1 is 1.50 bits per heavy atom. The van der Waals surface area contributed by atoms with Crippen LogP contribution in [0.2, 0.25) is 0 Å². The van der Waals surface area contributed by atoms with Crippen LogP contribution in [0.15, 0.2) is 23.5 Å². The maximum absolute atomic E-state index is 8.84. The zero-order valence-electron chi connectivity index (χ0n) is 12.3. The summed E-state index contributed by atoms with van der Waals surface area (Å²) in [5, 5.41) is 11.9. The molecule has 0 atom stereocenters. The second-order valence-corrected chi connectivity index (χ2v) is 5.66. The van der Waals surface area contributed by atoms with E-state index in [4.69, 9.17) is 10.9 Å². The largest absolute Gasteiger partial charge is 0.409 e. The average molecular weight is 276 g/mol. The van der Waals surface area contributed by atoms with Gasteiger partial charge in [0.2, 0.25) is 0 Å². The highest BCUT2D eigenvalue weighted by Crippen LogP contribution is 2.37. The van der Waals surface area contributed by atoms with Crippen LogP contribution in [-0.4, -0.2) is 34.0 Å². The van der Waals surface area contributed by atoms with E-state index in [2.05, 4.69) is 28.9 Å². The number of amidine groups is 1. The molecule has 110 valence electrons. The molecule has 5 nitrogen and oxygen atoms in total. The van der Waals surface area contributed by atoms with Crippen molar-refractivity contribution in [2.75, 3.05) is 13.1 Å². The summed E-state index contributed by atoms with van der Waals surface area (Å²) in [5.41, 5.74) is 7.75. The summed E-state index contributed by atoms with van der Waals surface area (Å²) in [6.07, 6.45) is 5.36. The maximum atomic E-state index is 8.84. The predicted molar refractivity (Wildman–Crippen MR) is 79.7 cm³/mol. The summed E-state index contributed by atoms with van der Waals surface area (Å²) >= 11 is 0. The second-order valence-electron chi connectivity index (χ2n) is 5.66. The van der Waals surface area contributed by atoms with Gasteiger partial charge in [0.25, 0.3) is 0 Å². The highest BCUT2D eigenvalue weighted by Gasteiger charge is 2.34. The number of rotatable bonds is 5. The fourth-order valence-electron chi connectivity index (χ4n) is 3.07. The average Bonchev–Trinajstić information content (AvgIpc) is 2.91. The van der Waals surface area contributed by atoms with E-state index in [0.717, 1.165) is 25.2 Å². The number of nitrogens with zero attached hydrogens (tertiary/aromatic N) is 3. The Hall–Kier alpha value is -1.62. The van der Waals surface area contributed by atoms with Gasteiger partial charge in [0.1, 0.15) is 5.69 Å². The Kier molecular flexibility index (Phi) is 4.60. The Balaban J connectivity index is 2.12. The standard InChI is InChI=1S/C15H24N4O/c1-3-15(4-2)7-9-19(11-15)10-12-6-5-8-17-13(12)14(16)18-20/h5-6,8,20H,3-4,7,9-11H2,1-2H3,(H2,16,18). The third-order valence-electron chi connectivity index (χ3n) is 4.65. The van der Waals surface area contributed by atoms with Crippen molar-refractivity contribution < 1.29 is 5.21 Å². The summed E-state index contributed by atoms with van der Waals surface area (Å²) in [4.78, 5) is 6.67. The van der Waals surface area contributed by atoms with Gasteiger partial charge in [0.15, 0.2) is 5.84 Å². The minimum Gasteiger partial charge on any atom is -0.409 e. The van der Waals surface area contributed by atoms with Crippen molar-refractivity contribution in [3.8, 4) is 0 Å². The van der Waals surface area contributed by atoms with Crippen molar-refractivity contribution in [1.82, 2.24) is 9.88 Å². The molecule has 0 spiro atoms. The lowest BCUT2D eigenvalue weighted by Crippen LogP contribution is -2.27. The van der Waals surface area contributed by atoms with Gasteiger partial charge in [-0.15, -0.1) is 0 Å². The fourth-order valence-corrected chi connectivity index (χ4v) is 3.07. The molecule has 0 aromatic carbocycles. The summed E-state index contributed by atoms with van der Waals surface area (Å²) in [6.45, 7) is 7.58. The van der Waals surface area contributed by atoms with E-state index in [0.29, 0.717) is 11.1 Å². The molecule has 0 radical (unpaired) electrons. The molecule has 0 bridgehead atoms. The van der Waals surface area contributed by atoms with Gasteiger partial charge >= 0.3 is 0 Å². The van der Waals surface area contributed by atoms with Crippen LogP contribution < -0.4 is 5.73 Å². The van der Waals surface area contributed by atoms with E-state index >= 15 is 0 Å². The summed E-state index contributed by atoms with van der Waals surface area (Å²) in [6, 6.07) is 3.89. The SMILES string of the molecule is CCC1(CC)CCN(Cc2cccnc2/C(N)=N/O)C1. The van der Waals surface area contributed by atoms with E-state index in [-0.39, 0.29) is 5.84 Å². The normalized spacial score (nSPS) is 19.4. The third kappa shape index (κ3) is 2.93. The van der Waals surface area contributed by atoms with Gasteiger partial charge in [-0.3, -0.25) is 9.88 Å². The fraction of sp³-hybridized carbons (Fsp3) is 0.600. The predicted octanol–water partition coefficient (Wildman–Crippen LogP) is 2.19. The third-order valence-corrected chi connectivity index (χ3v) is 4.65. The molecule has 20 heavy (non-hydrogen) atoms. The smallest absolute Gasteiger partial charge is 0.189 e. The molecule has 3 N–H and O–H groups in total. The van der Waals surface area contributed by atoms with Crippen LogP contribution in [0.4, 0.5) is 0 Å². The van der Waals surface area contributed by atoms with Crippen LogP contribution in [0.1, 0.15) is 44.4 Å². The van der Waals surface area contributed by atoms with Gasteiger partial charge in [0, 0.05) is 19.3 Å².